The summed E-state index contributed by atoms with van der Waals surface area (Å²) in [5.74, 6) is -0.217. The maximum absolute atomic E-state index is 11.8. The number of carbonyl (C=O) groups is 1. The molecule has 1 aromatic carbocycles. The Morgan fingerprint density at radius 3 is 2.22 bits per heavy atom. The number of esters is 1. The van der Waals surface area contributed by atoms with E-state index in [0.29, 0.717) is 0 Å². The molecule has 0 saturated carbocycles. The van der Waals surface area contributed by atoms with Gasteiger partial charge in [-0.25, -0.2) is 0 Å². The van der Waals surface area contributed by atoms with Crippen molar-refractivity contribution in [2.45, 2.75) is 39.8 Å². The molecular formula is C15H23NO2. The van der Waals surface area contributed by atoms with Gasteiger partial charge in [0.05, 0.1) is 7.11 Å². The summed E-state index contributed by atoms with van der Waals surface area (Å²) in [6, 6.07) is 9.86. The van der Waals surface area contributed by atoms with Crippen LogP contribution in [0.4, 0.5) is 0 Å². The van der Waals surface area contributed by atoms with Crippen LogP contribution in [0.15, 0.2) is 30.3 Å². The third-order valence-electron chi connectivity index (χ3n) is 3.02. The molecule has 3 nitrogen and oxygen atoms in total. The van der Waals surface area contributed by atoms with Crippen LogP contribution in [0.5, 0.6) is 0 Å². The normalized spacial score (nSPS) is 14.9. The van der Waals surface area contributed by atoms with E-state index in [4.69, 9.17) is 4.74 Å². The molecule has 0 spiro atoms. The summed E-state index contributed by atoms with van der Waals surface area (Å²) in [5.41, 5.74) is 0.978. The number of carbonyl (C=O) groups excluding carboxylic acids is 1. The molecule has 0 aliphatic rings. The summed E-state index contributed by atoms with van der Waals surface area (Å²) in [5, 5.41) is 3.35. The number of rotatable bonds is 4. The first-order valence-corrected chi connectivity index (χ1v) is 6.25. The lowest BCUT2D eigenvalue weighted by molar-refractivity contribution is -0.146. The van der Waals surface area contributed by atoms with Crippen molar-refractivity contribution in [3.8, 4) is 0 Å². The van der Waals surface area contributed by atoms with Crippen molar-refractivity contribution in [2.75, 3.05) is 7.11 Å². The Labute approximate surface area is 110 Å². The fraction of sp³-hybridized carbons (Fsp3) is 0.533. The first-order chi connectivity index (χ1) is 8.36. The summed E-state index contributed by atoms with van der Waals surface area (Å²) >= 11 is 0. The van der Waals surface area contributed by atoms with Crippen LogP contribution in [0.2, 0.25) is 0 Å². The van der Waals surface area contributed by atoms with Crippen LogP contribution in [0.25, 0.3) is 0 Å². The van der Waals surface area contributed by atoms with E-state index in [1.807, 2.05) is 39.0 Å². The van der Waals surface area contributed by atoms with Gasteiger partial charge in [-0.2, -0.15) is 0 Å². The largest absolute Gasteiger partial charge is 0.468 e. The molecule has 2 atom stereocenters. The van der Waals surface area contributed by atoms with Crippen molar-refractivity contribution in [3.05, 3.63) is 35.9 Å². The lowest BCUT2D eigenvalue weighted by atomic mass is 9.86. The molecule has 0 aromatic heterocycles. The van der Waals surface area contributed by atoms with Crippen molar-refractivity contribution in [1.29, 1.82) is 0 Å². The lowest BCUT2D eigenvalue weighted by Gasteiger charge is -2.31. The minimum Gasteiger partial charge on any atom is -0.468 e. The van der Waals surface area contributed by atoms with Gasteiger partial charge in [0, 0.05) is 6.04 Å². The minimum atomic E-state index is -0.322. The molecule has 1 rings (SSSR count). The molecule has 0 aliphatic carbocycles. The van der Waals surface area contributed by atoms with Crippen LogP contribution in [0.3, 0.4) is 0 Å². The number of hydrogen-bond donors (Lipinski definition) is 1. The molecule has 0 radical (unpaired) electrons. The minimum absolute atomic E-state index is 0.106. The SMILES string of the molecule is COC(=O)C(NC(C)c1ccccc1)C(C)(C)C. The first-order valence-electron chi connectivity index (χ1n) is 6.25. The second kappa shape index (κ2) is 6.01. The van der Waals surface area contributed by atoms with Gasteiger partial charge in [-0.1, -0.05) is 51.1 Å². The van der Waals surface area contributed by atoms with E-state index in [2.05, 4.69) is 24.4 Å². The van der Waals surface area contributed by atoms with Gasteiger partial charge >= 0.3 is 5.97 Å². The average molecular weight is 249 g/mol. The molecule has 0 fully saturated rings. The summed E-state index contributed by atoms with van der Waals surface area (Å²) in [6.07, 6.45) is 0. The van der Waals surface area contributed by atoms with E-state index in [1.165, 1.54) is 7.11 Å². The molecule has 18 heavy (non-hydrogen) atoms. The van der Waals surface area contributed by atoms with Crippen LogP contribution >= 0.6 is 0 Å². The van der Waals surface area contributed by atoms with E-state index < -0.39 is 0 Å². The smallest absolute Gasteiger partial charge is 0.323 e. The molecular weight excluding hydrogens is 226 g/mol. The number of nitrogens with one attached hydrogen (secondary N) is 1. The fourth-order valence-corrected chi connectivity index (χ4v) is 1.88. The highest BCUT2D eigenvalue weighted by Crippen LogP contribution is 2.23. The monoisotopic (exact) mass is 249 g/mol. The Balaban J connectivity index is 2.82. The zero-order valence-electron chi connectivity index (χ0n) is 11.9. The number of hydrogen-bond acceptors (Lipinski definition) is 3. The molecule has 0 amide bonds. The second-order valence-electron chi connectivity index (χ2n) is 5.62. The van der Waals surface area contributed by atoms with Crippen LogP contribution in [0.1, 0.15) is 39.3 Å². The Kier molecular flexibility index (Phi) is 4.91. The Bertz CT molecular complexity index is 381. The van der Waals surface area contributed by atoms with Gasteiger partial charge in [-0.05, 0) is 17.9 Å². The van der Waals surface area contributed by atoms with Crippen molar-refractivity contribution in [1.82, 2.24) is 5.32 Å². The van der Waals surface area contributed by atoms with Gasteiger partial charge in [-0.3, -0.25) is 10.1 Å². The lowest BCUT2D eigenvalue weighted by Crippen LogP contribution is -2.48. The van der Waals surface area contributed by atoms with Crippen LogP contribution in [-0.4, -0.2) is 19.1 Å². The second-order valence-corrected chi connectivity index (χ2v) is 5.62. The highest BCUT2D eigenvalue weighted by molar-refractivity contribution is 5.76. The third-order valence-corrected chi connectivity index (χ3v) is 3.02. The van der Waals surface area contributed by atoms with Crippen LogP contribution < -0.4 is 5.32 Å². The molecule has 0 saturated heterocycles. The summed E-state index contributed by atoms with van der Waals surface area (Å²) in [6.45, 7) is 8.13. The van der Waals surface area contributed by atoms with E-state index in [0.717, 1.165) is 5.56 Å². The Morgan fingerprint density at radius 1 is 1.22 bits per heavy atom. The highest BCUT2D eigenvalue weighted by Gasteiger charge is 2.33. The molecule has 0 heterocycles. The summed E-state index contributed by atoms with van der Waals surface area (Å²) in [4.78, 5) is 11.8. The number of ether oxygens (including phenoxy) is 1. The fourth-order valence-electron chi connectivity index (χ4n) is 1.88. The predicted octanol–water partition coefficient (Wildman–Crippen LogP) is 2.92. The Hall–Kier alpha value is -1.35. The van der Waals surface area contributed by atoms with Gasteiger partial charge < -0.3 is 4.74 Å². The maximum Gasteiger partial charge on any atom is 0.323 e. The zero-order chi connectivity index (χ0) is 13.8. The van der Waals surface area contributed by atoms with Gasteiger partial charge in [0.15, 0.2) is 0 Å². The van der Waals surface area contributed by atoms with Crippen LogP contribution in [-0.2, 0) is 9.53 Å². The number of methoxy groups -OCH3 is 1. The predicted molar refractivity (Wildman–Crippen MR) is 73.3 cm³/mol. The van der Waals surface area contributed by atoms with E-state index in [9.17, 15) is 4.79 Å². The highest BCUT2D eigenvalue weighted by atomic mass is 16.5. The molecule has 3 heteroatoms. The average Bonchev–Trinajstić information content (AvgIpc) is 2.34. The van der Waals surface area contributed by atoms with Crippen molar-refractivity contribution in [2.24, 2.45) is 5.41 Å². The molecule has 100 valence electrons. The first kappa shape index (κ1) is 14.7. The Morgan fingerprint density at radius 2 is 1.78 bits per heavy atom. The molecule has 0 aliphatic heterocycles. The molecule has 1 aromatic rings. The quantitative estimate of drug-likeness (QED) is 0.834. The van der Waals surface area contributed by atoms with Crippen molar-refractivity contribution < 1.29 is 9.53 Å². The van der Waals surface area contributed by atoms with Gasteiger partial charge in [0.2, 0.25) is 0 Å². The van der Waals surface area contributed by atoms with Gasteiger partial charge in [0.25, 0.3) is 0 Å². The number of benzene rings is 1. The maximum atomic E-state index is 11.8. The zero-order valence-corrected chi connectivity index (χ0v) is 11.9. The topological polar surface area (TPSA) is 38.3 Å². The molecule has 1 N–H and O–H groups in total. The van der Waals surface area contributed by atoms with Crippen molar-refractivity contribution >= 4 is 5.97 Å². The van der Waals surface area contributed by atoms with E-state index in [-0.39, 0.29) is 23.5 Å². The van der Waals surface area contributed by atoms with Gasteiger partial charge in [-0.15, -0.1) is 0 Å². The van der Waals surface area contributed by atoms with Gasteiger partial charge in [0.1, 0.15) is 6.04 Å². The van der Waals surface area contributed by atoms with E-state index in [1.54, 1.807) is 0 Å². The molecule has 0 bridgehead atoms. The molecule has 2 unspecified atom stereocenters. The van der Waals surface area contributed by atoms with Crippen LogP contribution in [0, 0.1) is 5.41 Å². The summed E-state index contributed by atoms with van der Waals surface area (Å²) in [7, 11) is 1.43. The standard InChI is InChI=1S/C15H23NO2/c1-11(12-9-7-6-8-10-12)16-13(14(17)18-5)15(2,3)4/h6-11,13,16H,1-5H3. The van der Waals surface area contributed by atoms with E-state index >= 15 is 0 Å². The van der Waals surface area contributed by atoms with Crippen molar-refractivity contribution in [3.63, 3.8) is 0 Å². The summed E-state index contributed by atoms with van der Waals surface area (Å²) < 4.78 is 4.87. The third kappa shape index (κ3) is 3.84.